The van der Waals surface area contributed by atoms with Crippen molar-refractivity contribution in [2.45, 2.75) is 19.4 Å². The van der Waals surface area contributed by atoms with E-state index in [1.807, 2.05) is 6.92 Å². The summed E-state index contributed by atoms with van der Waals surface area (Å²) >= 11 is 0. The van der Waals surface area contributed by atoms with E-state index in [0.29, 0.717) is 58.9 Å². The predicted molar refractivity (Wildman–Crippen MR) is 95.8 cm³/mol. The van der Waals surface area contributed by atoms with E-state index >= 15 is 0 Å². The molecule has 0 bridgehead atoms. The van der Waals surface area contributed by atoms with Crippen LogP contribution in [0.2, 0.25) is 0 Å². The van der Waals surface area contributed by atoms with Crippen LogP contribution in [-0.4, -0.2) is 90.2 Å². The molecule has 2 fully saturated rings. The Hall–Kier alpha value is -2.42. The molecule has 1 N–H and O–H groups in total. The number of nitrogens with one attached hydrogen (secondary N) is 1. The number of anilines is 1. The Kier molecular flexibility index (Phi) is 6.21. The van der Waals surface area contributed by atoms with Gasteiger partial charge in [-0.3, -0.25) is 9.78 Å². The number of nitrogens with zero attached hydrogens (tertiary/aromatic N) is 5. The number of hydrogen-bond acceptors (Lipinski definition) is 6. The van der Waals surface area contributed by atoms with Crippen molar-refractivity contribution in [3.05, 3.63) is 18.6 Å². The molecule has 9 nitrogen and oxygen atoms in total. The van der Waals surface area contributed by atoms with Crippen molar-refractivity contribution in [1.82, 2.24) is 25.1 Å². The highest BCUT2D eigenvalue weighted by Crippen LogP contribution is 2.12. The van der Waals surface area contributed by atoms with Crippen molar-refractivity contribution in [1.29, 1.82) is 0 Å². The number of hydrogen-bond donors (Lipinski definition) is 1. The van der Waals surface area contributed by atoms with Gasteiger partial charge in [-0.15, -0.1) is 0 Å². The Labute approximate surface area is 153 Å². The number of urea groups is 1. The summed E-state index contributed by atoms with van der Waals surface area (Å²) in [5, 5.41) is 2.90. The molecule has 3 heterocycles. The molecule has 1 atom stereocenters. The summed E-state index contributed by atoms with van der Waals surface area (Å²) < 4.78 is 5.28. The van der Waals surface area contributed by atoms with Gasteiger partial charge in [-0.05, 0) is 6.42 Å². The average Bonchev–Trinajstić information content (AvgIpc) is 2.72. The standard InChI is InChI=1S/C17H26N6O3/c1-2-14(16(24)22-9-11-26-12-10-22)20-17(25)23-7-5-21(6-8-23)15-13-18-3-4-19-15/h3-4,13-14H,2,5-12H2,1H3,(H,20,25). The van der Waals surface area contributed by atoms with Gasteiger partial charge in [-0.1, -0.05) is 6.92 Å². The maximum Gasteiger partial charge on any atom is 0.318 e. The Balaban J connectivity index is 1.50. The first-order valence-corrected chi connectivity index (χ1v) is 9.12. The Bertz CT molecular complexity index is 600. The molecule has 2 aliphatic rings. The number of piperazine rings is 1. The quantitative estimate of drug-likeness (QED) is 0.807. The Morgan fingerprint density at radius 3 is 2.46 bits per heavy atom. The second kappa shape index (κ2) is 8.79. The van der Waals surface area contributed by atoms with Gasteiger partial charge >= 0.3 is 6.03 Å². The van der Waals surface area contributed by atoms with Crippen LogP contribution in [0.15, 0.2) is 18.6 Å². The summed E-state index contributed by atoms with van der Waals surface area (Å²) in [6, 6.07) is -0.670. The minimum Gasteiger partial charge on any atom is -0.378 e. The van der Waals surface area contributed by atoms with E-state index in [-0.39, 0.29) is 11.9 Å². The zero-order chi connectivity index (χ0) is 18.4. The first-order chi connectivity index (χ1) is 12.7. The molecular weight excluding hydrogens is 336 g/mol. The molecule has 1 aromatic heterocycles. The molecule has 26 heavy (non-hydrogen) atoms. The van der Waals surface area contributed by atoms with Gasteiger partial charge in [0.15, 0.2) is 0 Å². The molecule has 0 spiro atoms. The monoisotopic (exact) mass is 362 g/mol. The van der Waals surface area contributed by atoms with Crippen molar-refractivity contribution < 1.29 is 14.3 Å². The lowest BCUT2D eigenvalue weighted by molar-refractivity contribution is -0.137. The van der Waals surface area contributed by atoms with Crippen molar-refractivity contribution in [2.75, 3.05) is 57.4 Å². The van der Waals surface area contributed by atoms with Crippen molar-refractivity contribution in [3.63, 3.8) is 0 Å². The van der Waals surface area contributed by atoms with E-state index in [1.165, 1.54) is 0 Å². The second-order valence-electron chi connectivity index (χ2n) is 6.39. The van der Waals surface area contributed by atoms with Gasteiger partial charge < -0.3 is 24.8 Å². The molecule has 1 unspecified atom stereocenters. The highest BCUT2D eigenvalue weighted by Gasteiger charge is 2.28. The summed E-state index contributed by atoms with van der Waals surface area (Å²) in [7, 11) is 0. The fourth-order valence-corrected chi connectivity index (χ4v) is 3.18. The lowest BCUT2D eigenvalue weighted by Crippen LogP contribution is -2.57. The van der Waals surface area contributed by atoms with Crippen LogP contribution in [0.3, 0.4) is 0 Å². The average molecular weight is 362 g/mol. The van der Waals surface area contributed by atoms with Gasteiger partial charge in [0.05, 0.1) is 19.4 Å². The topological polar surface area (TPSA) is 90.9 Å². The van der Waals surface area contributed by atoms with Crippen molar-refractivity contribution in [3.8, 4) is 0 Å². The second-order valence-corrected chi connectivity index (χ2v) is 6.39. The van der Waals surface area contributed by atoms with Crippen molar-refractivity contribution in [2.24, 2.45) is 0 Å². The van der Waals surface area contributed by atoms with E-state index in [0.717, 1.165) is 5.82 Å². The molecule has 0 radical (unpaired) electrons. The third-order valence-electron chi connectivity index (χ3n) is 4.77. The number of ether oxygens (including phenoxy) is 1. The predicted octanol–water partition coefficient (Wildman–Crippen LogP) is -0.0544. The van der Waals surface area contributed by atoms with Crippen LogP contribution in [0.4, 0.5) is 10.6 Å². The lowest BCUT2D eigenvalue weighted by atomic mass is 10.2. The first-order valence-electron chi connectivity index (χ1n) is 9.12. The number of carbonyl (C=O) groups is 2. The van der Waals surface area contributed by atoms with Crippen LogP contribution in [0.25, 0.3) is 0 Å². The number of aromatic nitrogens is 2. The molecule has 9 heteroatoms. The Morgan fingerprint density at radius 2 is 1.85 bits per heavy atom. The van der Waals surface area contributed by atoms with Crippen LogP contribution in [-0.2, 0) is 9.53 Å². The minimum atomic E-state index is -0.487. The molecule has 3 rings (SSSR count). The summed E-state index contributed by atoms with van der Waals surface area (Å²) in [4.78, 5) is 39.2. The lowest BCUT2D eigenvalue weighted by Gasteiger charge is -2.36. The normalized spacial score (nSPS) is 19.2. The van der Waals surface area contributed by atoms with E-state index < -0.39 is 6.04 Å². The highest BCUT2D eigenvalue weighted by molar-refractivity contribution is 5.87. The summed E-state index contributed by atoms with van der Waals surface area (Å²) in [5.41, 5.74) is 0. The molecule has 0 aromatic carbocycles. The van der Waals surface area contributed by atoms with Crippen LogP contribution in [0.5, 0.6) is 0 Å². The number of morpholine rings is 1. The van der Waals surface area contributed by atoms with Crippen LogP contribution < -0.4 is 10.2 Å². The fourth-order valence-electron chi connectivity index (χ4n) is 3.18. The van der Waals surface area contributed by atoms with Gasteiger partial charge in [-0.2, -0.15) is 0 Å². The van der Waals surface area contributed by atoms with Gasteiger partial charge in [0.2, 0.25) is 5.91 Å². The van der Waals surface area contributed by atoms with E-state index in [1.54, 1.807) is 28.4 Å². The molecular formula is C17H26N6O3. The molecule has 0 aliphatic carbocycles. The van der Waals surface area contributed by atoms with Crippen LogP contribution >= 0.6 is 0 Å². The third kappa shape index (κ3) is 4.40. The molecule has 2 saturated heterocycles. The zero-order valence-corrected chi connectivity index (χ0v) is 15.1. The summed E-state index contributed by atoms with van der Waals surface area (Å²) in [5.74, 6) is 0.795. The van der Waals surface area contributed by atoms with Crippen molar-refractivity contribution >= 4 is 17.8 Å². The largest absolute Gasteiger partial charge is 0.378 e. The summed E-state index contributed by atoms with van der Waals surface area (Å²) in [6.07, 6.45) is 5.60. The van der Waals surface area contributed by atoms with Gasteiger partial charge in [-0.25, -0.2) is 9.78 Å². The number of carbonyl (C=O) groups excluding carboxylic acids is 2. The smallest absolute Gasteiger partial charge is 0.318 e. The van der Waals surface area contributed by atoms with Gasteiger partial charge in [0.25, 0.3) is 0 Å². The van der Waals surface area contributed by atoms with Crippen LogP contribution in [0, 0.1) is 0 Å². The number of amides is 3. The van der Waals surface area contributed by atoms with Gasteiger partial charge in [0.1, 0.15) is 11.9 Å². The molecule has 1 aromatic rings. The molecule has 2 aliphatic heterocycles. The zero-order valence-electron chi connectivity index (χ0n) is 15.1. The van der Waals surface area contributed by atoms with E-state index in [9.17, 15) is 9.59 Å². The SMILES string of the molecule is CCC(NC(=O)N1CCN(c2cnccn2)CC1)C(=O)N1CCOCC1. The molecule has 142 valence electrons. The fraction of sp³-hybridized carbons (Fsp3) is 0.647. The summed E-state index contributed by atoms with van der Waals surface area (Å²) in [6.45, 7) is 6.76. The molecule has 0 saturated carbocycles. The van der Waals surface area contributed by atoms with Crippen LogP contribution in [0.1, 0.15) is 13.3 Å². The maximum absolute atomic E-state index is 12.6. The third-order valence-corrected chi connectivity index (χ3v) is 4.77. The highest BCUT2D eigenvalue weighted by atomic mass is 16.5. The van der Waals surface area contributed by atoms with E-state index in [4.69, 9.17) is 4.74 Å². The Morgan fingerprint density at radius 1 is 1.12 bits per heavy atom. The first kappa shape index (κ1) is 18.4. The molecule has 3 amide bonds. The number of rotatable bonds is 4. The van der Waals surface area contributed by atoms with Gasteiger partial charge in [0, 0.05) is 51.7 Å². The maximum atomic E-state index is 12.6. The van der Waals surface area contributed by atoms with E-state index in [2.05, 4.69) is 20.2 Å². The minimum absolute atomic E-state index is 0.0256.